The number of aliphatic hydroxyl groups is 1. The molecule has 2 heterocycles. The van der Waals surface area contributed by atoms with Gasteiger partial charge in [-0.3, -0.25) is 0 Å². The molecule has 1 aromatic carbocycles. The summed E-state index contributed by atoms with van der Waals surface area (Å²) in [6.45, 7) is 1.28. The van der Waals surface area contributed by atoms with E-state index in [9.17, 15) is 9.90 Å². The normalized spacial score (nSPS) is 36.0. The molecule has 4 bridgehead atoms. The van der Waals surface area contributed by atoms with Crippen molar-refractivity contribution in [1.82, 2.24) is 9.88 Å². The van der Waals surface area contributed by atoms with E-state index in [0.717, 1.165) is 53.9 Å². The largest absolute Gasteiger partial charge is 0.446 e. The van der Waals surface area contributed by atoms with Crippen LogP contribution < -0.4 is 5.32 Å². The van der Waals surface area contributed by atoms with Crippen LogP contribution in [0.3, 0.4) is 0 Å². The molecule has 7 nitrogen and oxygen atoms in total. The van der Waals surface area contributed by atoms with Gasteiger partial charge < -0.3 is 20.1 Å². The summed E-state index contributed by atoms with van der Waals surface area (Å²) in [5.41, 5.74) is 1.01. The minimum Gasteiger partial charge on any atom is -0.446 e. The van der Waals surface area contributed by atoms with Gasteiger partial charge in [0.05, 0.1) is 27.5 Å². The van der Waals surface area contributed by atoms with E-state index in [4.69, 9.17) is 10.00 Å². The van der Waals surface area contributed by atoms with Crippen LogP contribution in [-0.4, -0.2) is 51.9 Å². The molecule has 1 saturated heterocycles. The van der Waals surface area contributed by atoms with Gasteiger partial charge in [-0.05, 0) is 74.5 Å². The number of anilines is 1. The molecule has 0 spiro atoms. The smallest absolute Gasteiger partial charge is 0.410 e. The third-order valence-corrected chi connectivity index (χ3v) is 8.63. The Balaban J connectivity index is 1.07. The standard InChI is InChI=1S/C23H26N4O3S/c24-11-13-1-2-18-19(7-13)31-21(26-18)25-17-3-4-27(12-17)22(28)30-20-15-5-14-6-16(20)10-23(29,8-14)9-15/h1-2,7,14-17,20,29H,3-6,8-10,12H2,(H,25,26)/t14?,15?,16?,17-,20?,23?/m1/s1. The minimum absolute atomic E-state index is 0.0325. The number of carbonyl (C=O) groups excluding carboxylic acids is 1. The first kappa shape index (κ1) is 19.3. The number of hydrogen-bond acceptors (Lipinski definition) is 7. The zero-order chi connectivity index (χ0) is 21.2. The van der Waals surface area contributed by atoms with E-state index in [0.29, 0.717) is 36.4 Å². The van der Waals surface area contributed by atoms with Gasteiger partial charge in [0.2, 0.25) is 0 Å². The van der Waals surface area contributed by atoms with Gasteiger partial charge in [-0.15, -0.1) is 0 Å². The molecule has 0 radical (unpaired) electrons. The molecule has 2 unspecified atom stereocenters. The summed E-state index contributed by atoms with van der Waals surface area (Å²) >= 11 is 1.54. The van der Waals surface area contributed by atoms with E-state index in [1.54, 1.807) is 11.0 Å². The quantitative estimate of drug-likeness (QED) is 0.758. The number of nitrogens with one attached hydrogen (secondary N) is 1. The molecule has 3 atom stereocenters. The van der Waals surface area contributed by atoms with Crippen LogP contribution in [-0.2, 0) is 4.74 Å². The van der Waals surface area contributed by atoms with E-state index in [1.165, 1.54) is 11.3 Å². The molecule has 4 saturated carbocycles. The van der Waals surface area contributed by atoms with E-state index in [2.05, 4.69) is 16.4 Å². The molecule has 2 aromatic rings. The molecule has 5 fully saturated rings. The number of rotatable bonds is 3. The number of thiazole rings is 1. The monoisotopic (exact) mass is 438 g/mol. The SMILES string of the molecule is N#Cc1ccc2nc(N[C@@H]3CCN(C(=O)OC4C5CC6CC4CC(O)(C6)C5)C3)sc2c1. The van der Waals surface area contributed by atoms with Crippen LogP contribution in [0.15, 0.2) is 18.2 Å². The summed E-state index contributed by atoms with van der Waals surface area (Å²) in [6, 6.07) is 7.81. The number of likely N-dealkylation sites (tertiary alicyclic amines) is 1. The molecule has 5 aliphatic rings. The molecular formula is C23H26N4O3S. The lowest BCUT2D eigenvalue weighted by Crippen LogP contribution is -2.58. The number of nitrogens with zero attached hydrogens (tertiary/aromatic N) is 3. The van der Waals surface area contributed by atoms with Crippen molar-refractivity contribution in [3.63, 3.8) is 0 Å². The van der Waals surface area contributed by atoms with Gasteiger partial charge in [0.1, 0.15) is 6.10 Å². The fourth-order valence-corrected chi connectivity index (χ4v) is 7.57. The number of fused-ring (bicyclic) bond motifs is 1. The number of aromatic nitrogens is 1. The van der Waals surface area contributed by atoms with Gasteiger partial charge in [-0.2, -0.15) is 5.26 Å². The number of ether oxygens (including phenoxy) is 1. The highest BCUT2D eigenvalue weighted by molar-refractivity contribution is 7.22. The van der Waals surface area contributed by atoms with Crippen molar-refractivity contribution in [2.24, 2.45) is 17.8 Å². The second-order valence-electron chi connectivity index (χ2n) is 9.93. The van der Waals surface area contributed by atoms with E-state index >= 15 is 0 Å². The van der Waals surface area contributed by atoms with Gasteiger partial charge in [0, 0.05) is 19.1 Å². The fraction of sp³-hybridized carbons (Fsp3) is 0.609. The lowest BCUT2D eigenvalue weighted by atomic mass is 9.53. The van der Waals surface area contributed by atoms with Gasteiger partial charge in [-0.1, -0.05) is 11.3 Å². The zero-order valence-corrected chi connectivity index (χ0v) is 18.1. The maximum atomic E-state index is 12.9. The summed E-state index contributed by atoms with van der Waals surface area (Å²) in [5.74, 6) is 1.24. The maximum Gasteiger partial charge on any atom is 0.410 e. The first-order valence-corrected chi connectivity index (χ1v) is 12.0. The minimum atomic E-state index is -0.507. The molecule has 1 aromatic heterocycles. The van der Waals surface area contributed by atoms with Crippen LogP contribution >= 0.6 is 11.3 Å². The second kappa shape index (κ2) is 7.07. The Morgan fingerprint density at radius 2 is 2.13 bits per heavy atom. The van der Waals surface area contributed by atoms with Crippen LogP contribution in [0, 0.1) is 29.1 Å². The molecule has 4 aliphatic carbocycles. The van der Waals surface area contributed by atoms with Crippen molar-refractivity contribution in [3.8, 4) is 6.07 Å². The molecule has 8 heteroatoms. The first-order valence-electron chi connectivity index (χ1n) is 11.2. The third kappa shape index (κ3) is 3.44. The highest BCUT2D eigenvalue weighted by Crippen LogP contribution is 2.56. The molecule has 1 amide bonds. The summed E-state index contributed by atoms with van der Waals surface area (Å²) in [5, 5.41) is 24.1. The summed E-state index contributed by atoms with van der Waals surface area (Å²) < 4.78 is 7.02. The van der Waals surface area contributed by atoms with Crippen molar-refractivity contribution in [2.45, 2.75) is 56.3 Å². The Kier molecular flexibility index (Phi) is 4.41. The van der Waals surface area contributed by atoms with Gasteiger partial charge in [-0.25, -0.2) is 9.78 Å². The number of benzene rings is 1. The van der Waals surface area contributed by atoms with Crippen LogP contribution in [0.5, 0.6) is 0 Å². The Labute approximate surface area is 185 Å². The van der Waals surface area contributed by atoms with Gasteiger partial charge >= 0.3 is 6.09 Å². The molecule has 1 aliphatic heterocycles. The first-order chi connectivity index (χ1) is 15.0. The summed E-state index contributed by atoms with van der Waals surface area (Å²) in [7, 11) is 0. The topological polar surface area (TPSA) is 98.5 Å². The number of hydrogen-bond donors (Lipinski definition) is 2. The van der Waals surface area contributed by atoms with Gasteiger partial charge in [0.25, 0.3) is 0 Å². The van der Waals surface area contributed by atoms with Gasteiger partial charge in [0.15, 0.2) is 5.13 Å². The lowest BCUT2D eigenvalue weighted by Gasteiger charge is -2.57. The maximum absolute atomic E-state index is 12.9. The summed E-state index contributed by atoms with van der Waals surface area (Å²) in [6.07, 6.45) is 5.29. The van der Waals surface area contributed by atoms with Crippen molar-refractivity contribution >= 4 is 32.8 Å². The van der Waals surface area contributed by atoms with Crippen molar-refractivity contribution < 1.29 is 14.6 Å². The Bertz CT molecular complexity index is 1060. The Morgan fingerprint density at radius 3 is 2.87 bits per heavy atom. The third-order valence-electron chi connectivity index (χ3n) is 7.68. The molecular weight excluding hydrogens is 412 g/mol. The average molecular weight is 439 g/mol. The van der Waals surface area contributed by atoms with Crippen molar-refractivity contribution in [3.05, 3.63) is 23.8 Å². The van der Waals surface area contributed by atoms with Crippen molar-refractivity contribution in [2.75, 3.05) is 18.4 Å². The fourth-order valence-electron chi connectivity index (χ4n) is 6.59. The Morgan fingerprint density at radius 1 is 1.32 bits per heavy atom. The number of carbonyl (C=O) groups is 1. The van der Waals surface area contributed by atoms with Crippen LogP contribution in [0.4, 0.5) is 9.93 Å². The highest BCUT2D eigenvalue weighted by atomic mass is 32.1. The van der Waals surface area contributed by atoms with E-state index in [-0.39, 0.29) is 18.2 Å². The zero-order valence-electron chi connectivity index (χ0n) is 17.3. The van der Waals surface area contributed by atoms with Crippen LogP contribution in [0.1, 0.15) is 44.1 Å². The highest BCUT2D eigenvalue weighted by Gasteiger charge is 2.56. The van der Waals surface area contributed by atoms with Crippen LogP contribution in [0.2, 0.25) is 0 Å². The predicted octanol–water partition coefficient (Wildman–Crippen LogP) is 3.73. The number of nitriles is 1. The molecule has 2 N–H and O–H groups in total. The molecule has 31 heavy (non-hydrogen) atoms. The van der Waals surface area contributed by atoms with E-state index in [1.807, 2.05) is 12.1 Å². The van der Waals surface area contributed by atoms with E-state index < -0.39 is 5.60 Å². The average Bonchev–Trinajstić information content (AvgIpc) is 3.35. The Hall–Kier alpha value is -2.37. The second-order valence-corrected chi connectivity index (χ2v) is 11.0. The van der Waals surface area contributed by atoms with Crippen molar-refractivity contribution in [1.29, 1.82) is 5.26 Å². The lowest BCUT2D eigenvalue weighted by molar-refractivity contribution is -0.177. The van der Waals surface area contributed by atoms with Crippen LogP contribution in [0.25, 0.3) is 10.2 Å². The molecule has 162 valence electrons. The number of amides is 1. The predicted molar refractivity (Wildman–Crippen MR) is 117 cm³/mol. The molecule has 7 rings (SSSR count). The summed E-state index contributed by atoms with van der Waals surface area (Å²) in [4.78, 5) is 19.3.